The zero-order chi connectivity index (χ0) is 5.54. The minimum absolute atomic E-state index is 0.407. The average molecular weight is 134 g/mol. The van der Waals surface area contributed by atoms with Gasteiger partial charge in [0, 0.05) is 0 Å². The average Bonchev–Trinajstić information content (AvgIpc) is 1.69. The predicted molar refractivity (Wildman–Crippen MR) is 31.4 cm³/mol. The van der Waals surface area contributed by atoms with E-state index >= 15 is 0 Å². The SMILES string of the molecule is OC=[SiH]O[SiH]=CO. The summed E-state index contributed by atoms with van der Waals surface area (Å²) in [7, 11) is -0.815. The summed E-state index contributed by atoms with van der Waals surface area (Å²) in [6.45, 7) is 0. The van der Waals surface area contributed by atoms with Crippen molar-refractivity contribution >= 4 is 30.5 Å². The largest absolute Gasteiger partial charge is 0.579 e. The van der Waals surface area contributed by atoms with Crippen molar-refractivity contribution in [1.29, 1.82) is 0 Å². The summed E-state index contributed by atoms with van der Waals surface area (Å²) in [5.74, 6) is 1.97. The fraction of sp³-hybridized carbons (Fsp3) is 0. The van der Waals surface area contributed by atoms with Crippen LogP contribution in [0.4, 0.5) is 0 Å². The van der Waals surface area contributed by atoms with Gasteiger partial charge in [-0.3, -0.25) is 0 Å². The lowest BCUT2D eigenvalue weighted by atomic mass is 11.7. The Balaban J connectivity index is 2.98. The van der Waals surface area contributed by atoms with E-state index in [1.165, 1.54) is 0 Å². The highest BCUT2D eigenvalue weighted by Gasteiger charge is 1.62. The van der Waals surface area contributed by atoms with E-state index in [9.17, 15) is 0 Å². The monoisotopic (exact) mass is 134 g/mol. The highest BCUT2D eigenvalue weighted by atomic mass is 28.3. The molecule has 5 heteroatoms. The van der Waals surface area contributed by atoms with E-state index in [1.54, 1.807) is 0 Å². The number of aliphatic hydroxyl groups excluding tert-OH is 2. The summed E-state index contributed by atoms with van der Waals surface area (Å²) in [5.41, 5.74) is 0. The van der Waals surface area contributed by atoms with Crippen LogP contribution in [0.25, 0.3) is 0 Å². The van der Waals surface area contributed by atoms with Gasteiger partial charge in [-0.25, -0.2) is 0 Å². The molecule has 40 valence electrons. The van der Waals surface area contributed by atoms with Gasteiger partial charge in [-0.05, 0) is 0 Å². The Labute approximate surface area is 45.7 Å². The first kappa shape index (κ1) is 6.57. The topological polar surface area (TPSA) is 49.7 Å². The van der Waals surface area contributed by atoms with Crippen LogP contribution < -0.4 is 0 Å². The quantitative estimate of drug-likeness (QED) is 0.428. The zero-order valence-electron chi connectivity index (χ0n) is 3.61. The van der Waals surface area contributed by atoms with Crippen LogP contribution in [0.5, 0.6) is 0 Å². The lowest BCUT2D eigenvalue weighted by Gasteiger charge is -1.81. The molecular weight excluding hydrogens is 128 g/mol. The minimum Gasteiger partial charge on any atom is -0.579 e. The molecule has 0 aliphatic heterocycles. The molecule has 0 atom stereocenters. The van der Waals surface area contributed by atoms with Gasteiger partial charge in [-0.1, -0.05) is 0 Å². The highest BCUT2D eigenvalue weighted by molar-refractivity contribution is 6.50. The lowest BCUT2D eigenvalue weighted by Crippen LogP contribution is -1.93. The third-order valence-electron chi connectivity index (χ3n) is 0.279. The molecule has 0 aromatic heterocycles. The van der Waals surface area contributed by atoms with Gasteiger partial charge in [-0.15, -0.1) is 0 Å². The summed E-state index contributed by atoms with van der Waals surface area (Å²) in [4.78, 5) is 0. The van der Waals surface area contributed by atoms with Gasteiger partial charge in [0.05, 0.1) is 11.7 Å². The molecule has 0 saturated carbocycles. The van der Waals surface area contributed by atoms with Gasteiger partial charge in [0.1, 0.15) is 0 Å². The third kappa shape index (κ3) is 5.57. The normalized spacial score (nSPS) is 10.9. The van der Waals surface area contributed by atoms with E-state index in [0.29, 0.717) is 0 Å². The molecule has 0 aromatic carbocycles. The van der Waals surface area contributed by atoms with Crippen molar-refractivity contribution in [1.82, 2.24) is 0 Å². The molecule has 0 spiro atoms. The van der Waals surface area contributed by atoms with Crippen molar-refractivity contribution in [2.75, 3.05) is 0 Å². The first-order chi connectivity index (χ1) is 3.41. The molecule has 0 rings (SSSR count). The van der Waals surface area contributed by atoms with Crippen LogP contribution in [0.1, 0.15) is 0 Å². The summed E-state index contributed by atoms with van der Waals surface area (Å²) in [6.07, 6.45) is 0. The van der Waals surface area contributed by atoms with E-state index in [0.717, 1.165) is 11.7 Å². The van der Waals surface area contributed by atoms with Gasteiger partial charge >= 0.3 is 0 Å². The second kappa shape index (κ2) is 5.57. The molecule has 0 fully saturated rings. The number of hydrogen-bond donors (Lipinski definition) is 2. The molecule has 0 heterocycles. The fourth-order valence-electron chi connectivity index (χ4n) is 0.116. The Bertz CT molecular complexity index is 69.0. The van der Waals surface area contributed by atoms with Gasteiger partial charge < -0.3 is 14.3 Å². The van der Waals surface area contributed by atoms with E-state index < -0.39 is 18.8 Å². The highest BCUT2D eigenvalue weighted by Crippen LogP contribution is 1.42. The standard InChI is InChI=1S/C2H6O3Si2/c3-1-6-5-7-2-4/h1-4,6-7H. The van der Waals surface area contributed by atoms with E-state index in [1.807, 2.05) is 0 Å². The summed E-state index contributed by atoms with van der Waals surface area (Å²) in [6, 6.07) is 0. The van der Waals surface area contributed by atoms with Crippen LogP contribution in [0, 0.1) is 0 Å². The van der Waals surface area contributed by atoms with Gasteiger partial charge in [0.25, 0.3) is 0 Å². The molecule has 0 bridgehead atoms. The van der Waals surface area contributed by atoms with E-state index in [2.05, 4.69) is 4.12 Å². The molecule has 0 aliphatic rings. The Kier molecular flexibility index (Phi) is 5.23. The smallest absolute Gasteiger partial charge is 0.242 e. The molecular formula is C2H6O3Si2. The number of hydrogen-bond acceptors (Lipinski definition) is 3. The Morgan fingerprint density at radius 2 is 1.57 bits per heavy atom. The maximum Gasteiger partial charge on any atom is 0.242 e. The van der Waals surface area contributed by atoms with Gasteiger partial charge in [0.2, 0.25) is 18.8 Å². The maximum atomic E-state index is 8.00. The second-order valence-electron chi connectivity index (χ2n) is 0.706. The van der Waals surface area contributed by atoms with Crippen molar-refractivity contribution in [3.8, 4) is 0 Å². The first-order valence-corrected chi connectivity index (χ1v) is 3.93. The number of aliphatic hydroxyl groups is 2. The predicted octanol–water partition coefficient (Wildman–Crippen LogP) is -2.03. The molecule has 0 amide bonds. The molecule has 0 aliphatic carbocycles. The molecule has 0 aromatic rings. The minimum atomic E-state index is -0.407. The van der Waals surface area contributed by atoms with Crippen LogP contribution in [0.3, 0.4) is 0 Å². The Morgan fingerprint density at radius 3 is 1.86 bits per heavy atom. The molecule has 0 saturated heterocycles. The van der Waals surface area contributed by atoms with Crippen molar-refractivity contribution in [2.24, 2.45) is 0 Å². The van der Waals surface area contributed by atoms with Crippen LogP contribution in [0.2, 0.25) is 0 Å². The zero-order valence-corrected chi connectivity index (χ0v) is 5.92. The molecule has 0 radical (unpaired) electrons. The van der Waals surface area contributed by atoms with E-state index in [-0.39, 0.29) is 0 Å². The van der Waals surface area contributed by atoms with Crippen molar-refractivity contribution < 1.29 is 14.3 Å². The second-order valence-corrected chi connectivity index (χ2v) is 2.94. The third-order valence-corrected chi connectivity index (χ3v) is 1.78. The first-order valence-electron chi connectivity index (χ1n) is 1.65. The summed E-state index contributed by atoms with van der Waals surface area (Å²) in [5, 5.41) is 16.0. The van der Waals surface area contributed by atoms with Gasteiger partial charge in [-0.2, -0.15) is 0 Å². The molecule has 2 N–H and O–H groups in total. The molecule has 3 nitrogen and oxygen atoms in total. The van der Waals surface area contributed by atoms with Crippen molar-refractivity contribution in [3.63, 3.8) is 0 Å². The van der Waals surface area contributed by atoms with Crippen LogP contribution in [-0.2, 0) is 4.12 Å². The lowest BCUT2D eigenvalue weighted by molar-refractivity contribution is 0.576. The summed E-state index contributed by atoms with van der Waals surface area (Å²) >= 11 is 0. The van der Waals surface area contributed by atoms with Crippen LogP contribution >= 0.6 is 0 Å². The van der Waals surface area contributed by atoms with Crippen LogP contribution in [-0.4, -0.2) is 40.7 Å². The Morgan fingerprint density at radius 1 is 1.14 bits per heavy atom. The molecule has 7 heavy (non-hydrogen) atoms. The molecule has 0 unspecified atom stereocenters. The van der Waals surface area contributed by atoms with Gasteiger partial charge in [0.15, 0.2) is 0 Å². The van der Waals surface area contributed by atoms with Crippen molar-refractivity contribution in [3.05, 3.63) is 0 Å². The maximum absolute atomic E-state index is 8.00. The van der Waals surface area contributed by atoms with Crippen LogP contribution in [0.15, 0.2) is 0 Å². The van der Waals surface area contributed by atoms with Crippen molar-refractivity contribution in [2.45, 2.75) is 0 Å². The summed E-state index contributed by atoms with van der Waals surface area (Å²) < 4.78 is 4.69. The Hall–Kier alpha value is -0.426. The number of rotatable bonds is 2. The van der Waals surface area contributed by atoms with E-state index in [4.69, 9.17) is 10.2 Å². The fourth-order valence-corrected chi connectivity index (χ4v) is 1.04.